The molecular formula is C35H67NO23P4+4. The quantitative estimate of drug-likeness (QED) is 0.0347. The van der Waals surface area contributed by atoms with E-state index >= 15 is 0 Å². The van der Waals surface area contributed by atoms with Gasteiger partial charge in [-0.15, -0.1) is 36.2 Å². The summed E-state index contributed by atoms with van der Waals surface area (Å²) < 4.78 is 111. The lowest BCUT2D eigenvalue weighted by Gasteiger charge is -2.42. The number of aliphatic hydroxyl groups is 6. The minimum Gasteiger partial charge on any atom is -0.394 e. The maximum Gasteiger partial charge on any atom is 0.697 e. The molecule has 0 radical (unpaired) electrons. The normalized spacial score (nSPS) is 27.8. The maximum atomic E-state index is 12.4. The van der Waals surface area contributed by atoms with Gasteiger partial charge in [-0.3, -0.25) is 4.79 Å². The van der Waals surface area contributed by atoms with Gasteiger partial charge in [0.25, 0.3) is 0 Å². The molecular weight excluding hydrogens is 926 g/mol. The Balaban J connectivity index is 1.64. The molecule has 2 heterocycles. The maximum absolute atomic E-state index is 12.4. The van der Waals surface area contributed by atoms with Gasteiger partial charge < -0.3 is 54.9 Å². The lowest BCUT2D eigenvalue weighted by molar-refractivity contribution is -0.282. The predicted molar refractivity (Wildman–Crippen MR) is 218 cm³/mol. The molecule has 28 heteroatoms. The zero-order chi connectivity index (χ0) is 46.6. The molecule has 24 nitrogen and oxygen atoms in total. The van der Waals surface area contributed by atoms with E-state index in [2.05, 4.69) is 9.84 Å². The molecule has 0 aromatic heterocycles. The molecule has 366 valence electrons. The van der Waals surface area contributed by atoms with Gasteiger partial charge in [0.1, 0.15) is 76.2 Å². The van der Waals surface area contributed by atoms with E-state index in [1.165, 1.54) is 14.0 Å². The first-order chi connectivity index (χ1) is 30.2. The highest BCUT2D eigenvalue weighted by Gasteiger charge is 2.46. The number of unbranched alkanes of at least 4 members (excludes halogenated alkanes) is 8. The Morgan fingerprint density at radius 3 is 1.49 bits per heavy atom. The van der Waals surface area contributed by atoms with Crippen LogP contribution in [0.4, 0.5) is 0 Å². The van der Waals surface area contributed by atoms with Crippen LogP contribution in [0.15, 0.2) is 0 Å². The molecule has 0 saturated carbocycles. The first-order valence-corrected chi connectivity index (χ1v) is 25.2. The van der Waals surface area contributed by atoms with Crippen LogP contribution >= 0.6 is 33.0 Å². The van der Waals surface area contributed by atoms with Crippen molar-refractivity contribution < 1.29 is 109 Å². The Labute approximate surface area is 370 Å². The molecule has 0 aromatic rings. The highest BCUT2D eigenvalue weighted by Crippen LogP contribution is 2.33. The SMILES string of the molecule is CO[P+](=O)OCCO[P+](=O)OC(CO[P+](=O)OCCCCCCCOC1OC(CO)C(O)C(O)C1C)CO[P+](=O)OCCCCCCCOC1OC(CO)C(O)C(O)C1NC(C)=O. The Hall–Kier alpha value is -0.850. The fourth-order valence-electron chi connectivity index (χ4n) is 6.07. The van der Waals surface area contributed by atoms with Crippen molar-refractivity contribution in [3.8, 4) is 0 Å². The van der Waals surface area contributed by atoms with Crippen molar-refractivity contribution in [3.05, 3.63) is 0 Å². The van der Waals surface area contributed by atoms with Gasteiger partial charge in [-0.25, -0.2) is 0 Å². The molecule has 2 rings (SSSR count). The summed E-state index contributed by atoms with van der Waals surface area (Å²) >= 11 is 0. The van der Waals surface area contributed by atoms with Crippen LogP contribution in [-0.4, -0.2) is 171 Å². The standard InChI is InChI=1S/C35H66NO23P4/c1-24-30(40)31(41)27(20-37)57-34(24)49-14-10-6-4-8-12-16-51-61(45)55-22-26(59-63(47)54-19-18-53-60(44)48-3)23-56-62(46)52-17-13-9-5-7-11-15-50-35-29(36-25(2)39)33(43)32(42)28(21-38)58-35/h24,26-35,37-38,40-43H,4-23H2,1-3H3/q+3/p+1. The van der Waals surface area contributed by atoms with E-state index in [9.17, 15) is 53.7 Å². The van der Waals surface area contributed by atoms with E-state index < -0.39 is 133 Å². The molecule has 2 aliphatic heterocycles. The minimum atomic E-state index is -2.80. The summed E-state index contributed by atoms with van der Waals surface area (Å²) in [6.45, 7) is 1.37. The third kappa shape index (κ3) is 24.1. The number of rotatable bonds is 37. The summed E-state index contributed by atoms with van der Waals surface area (Å²) in [7, 11) is -9.23. The zero-order valence-corrected chi connectivity index (χ0v) is 39.5. The van der Waals surface area contributed by atoms with Crippen LogP contribution in [0.2, 0.25) is 0 Å². The average molecular weight is 994 g/mol. The van der Waals surface area contributed by atoms with Gasteiger partial charge in [0.15, 0.2) is 18.7 Å². The Morgan fingerprint density at radius 1 is 0.571 bits per heavy atom. The highest BCUT2D eigenvalue weighted by atomic mass is 31.1. The molecule has 1 amide bonds. The number of ether oxygens (including phenoxy) is 4. The van der Waals surface area contributed by atoms with Crippen molar-refractivity contribution in [1.29, 1.82) is 0 Å². The number of hydrogen-bond acceptors (Lipinski definition) is 23. The molecule has 2 fully saturated rings. The van der Waals surface area contributed by atoms with Crippen LogP contribution < -0.4 is 5.32 Å². The largest absolute Gasteiger partial charge is 0.697 e. The van der Waals surface area contributed by atoms with E-state index in [-0.39, 0.29) is 33.0 Å². The monoisotopic (exact) mass is 993 g/mol. The number of hydrogen-bond donors (Lipinski definition) is 7. The number of nitrogens with one attached hydrogen (secondary N) is 1. The second-order valence-electron chi connectivity index (χ2n) is 14.5. The Bertz CT molecular complexity index is 1330. The summed E-state index contributed by atoms with van der Waals surface area (Å²) in [6, 6.07) is -1.02. The molecule has 7 N–H and O–H groups in total. The summed E-state index contributed by atoms with van der Waals surface area (Å²) in [5, 5.41) is 61.9. The second kappa shape index (κ2) is 34.4. The summed E-state index contributed by atoms with van der Waals surface area (Å²) in [6.07, 6.45) is -3.04. The number of carbonyl (C=O) groups excluding carboxylic acids is 1. The van der Waals surface area contributed by atoms with Gasteiger partial charge >= 0.3 is 33.0 Å². The second-order valence-corrected chi connectivity index (χ2v) is 18.4. The molecule has 2 aliphatic rings. The van der Waals surface area contributed by atoms with Crippen LogP contribution in [-0.2, 0) is 78.2 Å². The third-order valence-corrected chi connectivity index (χ3v) is 12.6. The summed E-state index contributed by atoms with van der Waals surface area (Å²) in [4.78, 5) is 11.6. The van der Waals surface area contributed by atoms with Crippen LogP contribution in [0.5, 0.6) is 0 Å². The molecule has 15 atom stereocenters. The lowest BCUT2D eigenvalue weighted by Crippen LogP contribution is -2.64. The fourth-order valence-corrected chi connectivity index (χ4v) is 8.33. The summed E-state index contributed by atoms with van der Waals surface area (Å²) in [5.41, 5.74) is 0. The first kappa shape index (κ1) is 58.3. The van der Waals surface area contributed by atoms with Crippen LogP contribution in [0, 0.1) is 5.92 Å². The summed E-state index contributed by atoms with van der Waals surface area (Å²) in [5.74, 6) is -0.918. The smallest absolute Gasteiger partial charge is 0.394 e. The van der Waals surface area contributed by atoms with Crippen molar-refractivity contribution in [2.24, 2.45) is 5.92 Å². The number of carbonyl (C=O) groups is 1. The van der Waals surface area contributed by atoms with Crippen molar-refractivity contribution in [2.75, 3.05) is 73.2 Å². The molecule has 2 saturated heterocycles. The van der Waals surface area contributed by atoms with Gasteiger partial charge in [0.05, 0.1) is 26.4 Å². The molecule has 15 unspecified atom stereocenters. The Morgan fingerprint density at radius 2 is 1.00 bits per heavy atom. The first-order valence-electron chi connectivity index (χ1n) is 20.8. The molecule has 0 bridgehead atoms. The molecule has 63 heavy (non-hydrogen) atoms. The van der Waals surface area contributed by atoms with E-state index in [1.54, 1.807) is 6.92 Å². The van der Waals surface area contributed by atoms with Crippen LogP contribution in [0.3, 0.4) is 0 Å². The molecule has 0 aromatic carbocycles. The van der Waals surface area contributed by atoms with Crippen molar-refractivity contribution in [1.82, 2.24) is 5.32 Å². The van der Waals surface area contributed by atoms with E-state index in [4.69, 9.17) is 50.6 Å². The molecule has 0 aliphatic carbocycles. The van der Waals surface area contributed by atoms with Crippen molar-refractivity contribution in [2.45, 2.75) is 139 Å². The van der Waals surface area contributed by atoms with Gasteiger partial charge in [-0.05, 0) is 25.7 Å². The zero-order valence-electron chi connectivity index (χ0n) is 35.9. The van der Waals surface area contributed by atoms with Crippen LogP contribution in [0.1, 0.15) is 78.1 Å². The third-order valence-electron chi connectivity index (χ3n) is 9.57. The van der Waals surface area contributed by atoms with Crippen molar-refractivity contribution >= 4 is 38.9 Å². The topological polar surface area (TPSA) is 330 Å². The van der Waals surface area contributed by atoms with Gasteiger partial charge in [0, 0.05) is 44.3 Å². The van der Waals surface area contributed by atoms with Crippen LogP contribution in [0.25, 0.3) is 0 Å². The minimum absolute atomic E-state index is 0.0939. The van der Waals surface area contributed by atoms with Gasteiger partial charge in [-0.1, -0.05) is 45.4 Å². The van der Waals surface area contributed by atoms with Gasteiger partial charge in [0.2, 0.25) is 5.91 Å². The lowest BCUT2D eigenvalue weighted by atomic mass is 9.92. The molecule has 0 spiro atoms. The van der Waals surface area contributed by atoms with Gasteiger partial charge in [-0.2, -0.15) is 0 Å². The highest BCUT2D eigenvalue weighted by molar-refractivity contribution is 7.34. The van der Waals surface area contributed by atoms with E-state index in [1.807, 2.05) is 0 Å². The predicted octanol–water partition coefficient (Wildman–Crippen LogP) is 2.70. The fraction of sp³-hybridized carbons (Fsp3) is 0.971. The number of aliphatic hydroxyl groups excluding tert-OH is 6. The van der Waals surface area contributed by atoms with Crippen molar-refractivity contribution in [3.63, 3.8) is 0 Å². The Kier molecular flexibility index (Phi) is 31.9. The van der Waals surface area contributed by atoms with E-state index in [0.29, 0.717) is 38.7 Å². The average Bonchev–Trinajstić information content (AvgIpc) is 3.26. The van der Waals surface area contributed by atoms with E-state index in [0.717, 1.165) is 32.1 Å². The number of amides is 1.